The predicted molar refractivity (Wildman–Crippen MR) is 73.7 cm³/mol. The molecule has 1 saturated carbocycles. The summed E-state index contributed by atoms with van der Waals surface area (Å²) in [6.07, 6.45) is 5.12. The number of hydrogen-bond acceptors (Lipinski definition) is 3. The lowest BCUT2D eigenvalue weighted by Gasteiger charge is -2.50. The summed E-state index contributed by atoms with van der Waals surface area (Å²) in [4.78, 5) is 2.44. The lowest BCUT2D eigenvalue weighted by atomic mass is 9.58. The average Bonchev–Trinajstić information content (AvgIpc) is 2.74. The van der Waals surface area contributed by atoms with Crippen molar-refractivity contribution in [2.75, 3.05) is 20.1 Å². The maximum Gasteiger partial charge on any atom is 0.165 e. The maximum absolute atomic E-state index is 10.1. The van der Waals surface area contributed by atoms with Crippen LogP contribution < -0.4 is 4.74 Å². The minimum absolute atomic E-state index is 0.166. The van der Waals surface area contributed by atoms with Crippen LogP contribution in [0.25, 0.3) is 0 Å². The number of aromatic hydroxyl groups is 1. The molecule has 102 valence electrons. The number of fused-ring (bicyclic) bond motifs is 1. The van der Waals surface area contributed by atoms with Gasteiger partial charge in [0.1, 0.15) is 6.10 Å². The van der Waals surface area contributed by atoms with Crippen LogP contribution in [0.4, 0.5) is 0 Å². The van der Waals surface area contributed by atoms with Crippen molar-refractivity contribution in [1.29, 1.82) is 0 Å². The number of likely N-dealkylation sites (tertiary alicyclic amines) is 1. The van der Waals surface area contributed by atoms with Crippen LogP contribution in [0.15, 0.2) is 18.2 Å². The summed E-state index contributed by atoms with van der Waals surface area (Å²) >= 11 is 0. The third kappa shape index (κ3) is 1.42. The predicted octanol–water partition coefficient (Wildman–Crippen LogP) is 2.53. The van der Waals surface area contributed by atoms with E-state index in [2.05, 4.69) is 18.0 Å². The van der Waals surface area contributed by atoms with Gasteiger partial charge in [-0.15, -0.1) is 0 Å². The van der Waals surface area contributed by atoms with Crippen LogP contribution in [0.1, 0.15) is 31.2 Å². The van der Waals surface area contributed by atoms with Gasteiger partial charge in [-0.1, -0.05) is 12.1 Å². The van der Waals surface area contributed by atoms with E-state index in [0.29, 0.717) is 11.7 Å². The van der Waals surface area contributed by atoms with Gasteiger partial charge in [0, 0.05) is 17.5 Å². The number of phenolic OH excluding ortho intramolecular Hbond substituents is 1. The van der Waals surface area contributed by atoms with Crippen LogP contribution in [-0.4, -0.2) is 36.2 Å². The molecule has 2 unspecified atom stereocenters. The molecule has 3 heteroatoms. The van der Waals surface area contributed by atoms with Gasteiger partial charge in [-0.25, -0.2) is 0 Å². The van der Waals surface area contributed by atoms with Gasteiger partial charge in [-0.05, 0) is 51.3 Å². The Balaban J connectivity index is 1.86. The zero-order valence-electron chi connectivity index (χ0n) is 11.4. The molecule has 0 amide bonds. The highest BCUT2D eigenvalue weighted by Crippen LogP contribution is 2.58. The number of phenols is 1. The van der Waals surface area contributed by atoms with Crippen molar-refractivity contribution >= 4 is 0 Å². The standard InChI is InChI=1S/C16H21NO2/c1-17-9-8-16-11(10-17)4-2-7-14(16)19-15-12(16)5-3-6-13(15)18/h3,5-6,11,14,18H,2,4,7-10H2,1H3/t11?,14?,16-/m1/s1. The zero-order valence-corrected chi connectivity index (χ0v) is 11.4. The Morgan fingerprint density at radius 2 is 2.26 bits per heavy atom. The van der Waals surface area contributed by atoms with Gasteiger partial charge in [0.2, 0.25) is 0 Å². The van der Waals surface area contributed by atoms with Crippen LogP contribution in [0.5, 0.6) is 11.5 Å². The molecule has 1 saturated heterocycles. The number of para-hydroxylation sites is 1. The first-order valence-electron chi connectivity index (χ1n) is 7.39. The second-order valence-electron chi connectivity index (χ2n) is 6.44. The normalized spacial score (nSPS) is 37.1. The smallest absolute Gasteiger partial charge is 0.165 e. The lowest BCUT2D eigenvalue weighted by molar-refractivity contribution is -0.000158. The van der Waals surface area contributed by atoms with Gasteiger partial charge in [0.25, 0.3) is 0 Å². The monoisotopic (exact) mass is 259 g/mol. The first-order chi connectivity index (χ1) is 9.22. The third-order valence-corrected chi connectivity index (χ3v) is 5.52. The van der Waals surface area contributed by atoms with Crippen LogP contribution in [0, 0.1) is 5.92 Å². The van der Waals surface area contributed by atoms with E-state index in [0.717, 1.165) is 31.7 Å². The Hall–Kier alpha value is -1.22. The maximum atomic E-state index is 10.1. The Kier molecular flexibility index (Phi) is 2.37. The fourth-order valence-corrected chi connectivity index (χ4v) is 4.64. The van der Waals surface area contributed by atoms with Gasteiger partial charge >= 0.3 is 0 Å². The third-order valence-electron chi connectivity index (χ3n) is 5.52. The second kappa shape index (κ2) is 3.89. The van der Waals surface area contributed by atoms with E-state index >= 15 is 0 Å². The largest absolute Gasteiger partial charge is 0.504 e. The summed E-state index contributed by atoms with van der Waals surface area (Å²) in [5, 5.41) is 10.1. The van der Waals surface area contributed by atoms with Crippen LogP contribution in [0.3, 0.4) is 0 Å². The van der Waals surface area contributed by atoms with Crippen molar-refractivity contribution in [2.24, 2.45) is 5.92 Å². The van der Waals surface area contributed by atoms with E-state index in [1.807, 2.05) is 6.07 Å². The number of nitrogens with zero attached hydrogens (tertiary/aromatic N) is 1. The van der Waals surface area contributed by atoms with E-state index in [-0.39, 0.29) is 11.5 Å². The first kappa shape index (κ1) is 11.6. The van der Waals surface area contributed by atoms with Gasteiger partial charge in [0.15, 0.2) is 11.5 Å². The zero-order chi connectivity index (χ0) is 13.0. The topological polar surface area (TPSA) is 32.7 Å². The Bertz CT molecular complexity index is 515. The van der Waals surface area contributed by atoms with Gasteiger partial charge in [0.05, 0.1) is 0 Å². The minimum atomic E-state index is 0.166. The molecule has 1 aromatic carbocycles. The summed E-state index contributed by atoms with van der Waals surface area (Å²) < 4.78 is 6.17. The highest BCUT2D eigenvalue weighted by atomic mass is 16.5. The van der Waals surface area contributed by atoms with Crippen molar-refractivity contribution in [3.8, 4) is 11.5 Å². The van der Waals surface area contributed by atoms with E-state index in [9.17, 15) is 5.11 Å². The molecule has 3 nitrogen and oxygen atoms in total. The molecule has 1 N–H and O–H groups in total. The van der Waals surface area contributed by atoms with Crippen molar-refractivity contribution in [3.05, 3.63) is 23.8 Å². The number of piperidine rings is 1. The summed E-state index contributed by atoms with van der Waals surface area (Å²) in [7, 11) is 2.22. The quantitative estimate of drug-likeness (QED) is 0.777. The average molecular weight is 259 g/mol. The van der Waals surface area contributed by atoms with Gasteiger partial charge in [-0.2, -0.15) is 0 Å². The van der Waals surface area contributed by atoms with E-state index in [1.165, 1.54) is 18.4 Å². The molecule has 2 fully saturated rings. The summed E-state index contributed by atoms with van der Waals surface area (Å²) in [6, 6.07) is 5.90. The molecule has 2 aliphatic heterocycles. The van der Waals surface area contributed by atoms with Crippen molar-refractivity contribution < 1.29 is 9.84 Å². The molecule has 0 radical (unpaired) electrons. The molecule has 3 aliphatic rings. The highest BCUT2D eigenvalue weighted by Gasteiger charge is 2.57. The van der Waals surface area contributed by atoms with E-state index in [4.69, 9.17) is 4.74 Å². The van der Waals surface area contributed by atoms with Crippen LogP contribution in [0.2, 0.25) is 0 Å². The van der Waals surface area contributed by atoms with E-state index < -0.39 is 0 Å². The fraction of sp³-hybridized carbons (Fsp3) is 0.625. The Morgan fingerprint density at radius 3 is 3.16 bits per heavy atom. The summed E-state index contributed by atoms with van der Waals surface area (Å²) in [5.74, 6) is 1.76. The minimum Gasteiger partial charge on any atom is -0.504 e. The van der Waals surface area contributed by atoms with Gasteiger partial charge < -0.3 is 14.7 Å². The van der Waals surface area contributed by atoms with Crippen molar-refractivity contribution in [3.63, 3.8) is 0 Å². The lowest BCUT2D eigenvalue weighted by Crippen LogP contribution is -2.55. The van der Waals surface area contributed by atoms with Crippen LogP contribution >= 0.6 is 0 Å². The molecule has 1 spiro atoms. The molecule has 19 heavy (non-hydrogen) atoms. The molecule has 2 heterocycles. The molecule has 1 aromatic rings. The molecule has 0 aromatic heterocycles. The second-order valence-corrected chi connectivity index (χ2v) is 6.44. The number of benzene rings is 1. The molecule has 1 aliphatic carbocycles. The van der Waals surface area contributed by atoms with Gasteiger partial charge in [-0.3, -0.25) is 0 Å². The Morgan fingerprint density at radius 1 is 1.37 bits per heavy atom. The SMILES string of the molecule is CN1CC[C@@]23c4cccc(O)c4OC2CCCC3C1. The molecule has 0 bridgehead atoms. The summed E-state index contributed by atoms with van der Waals surface area (Å²) in [6.45, 7) is 2.29. The number of hydrogen-bond donors (Lipinski definition) is 1. The van der Waals surface area contributed by atoms with E-state index in [1.54, 1.807) is 6.07 Å². The fourth-order valence-electron chi connectivity index (χ4n) is 4.64. The molecular formula is C16H21NO2. The first-order valence-corrected chi connectivity index (χ1v) is 7.39. The number of ether oxygens (including phenoxy) is 1. The molecule has 3 atom stereocenters. The number of rotatable bonds is 0. The van der Waals surface area contributed by atoms with Crippen molar-refractivity contribution in [1.82, 2.24) is 4.90 Å². The van der Waals surface area contributed by atoms with Crippen molar-refractivity contribution in [2.45, 2.75) is 37.2 Å². The Labute approximate surface area is 114 Å². The van der Waals surface area contributed by atoms with Crippen LogP contribution in [-0.2, 0) is 5.41 Å². The highest BCUT2D eigenvalue weighted by molar-refractivity contribution is 5.54. The summed E-state index contributed by atoms with van der Waals surface area (Å²) in [5.41, 5.74) is 1.44. The molecule has 4 rings (SSSR count). The molecular weight excluding hydrogens is 238 g/mol.